The van der Waals surface area contributed by atoms with Crippen molar-refractivity contribution in [3.63, 3.8) is 0 Å². The Hall–Kier alpha value is -1.87. The van der Waals surface area contributed by atoms with Gasteiger partial charge in [-0.25, -0.2) is 4.98 Å². The number of nitrogens with zero attached hydrogens (tertiary/aromatic N) is 1. The van der Waals surface area contributed by atoms with E-state index in [9.17, 15) is 0 Å². The van der Waals surface area contributed by atoms with E-state index in [1.165, 1.54) is 29.5 Å². The predicted octanol–water partition coefficient (Wildman–Crippen LogP) is 3.64. The van der Waals surface area contributed by atoms with Gasteiger partial charge in [0.15, 0.2) is 0 Å². The summed E-state index contributed by atoms with van der Waals surface area (Å²) in [5, 5.41) is 3.22. The van der Waals surface area contributed by atoms with Gasteiger partial charge < -0.3 is 10.1 Å². The van der Waals surface area contributed by atoms with Crippen LogP contribution in [0.3, 0.4) is 0 Å². The second-order valence-electron chi connectivity index (χ2n) is 5.32. The molecule has 0 bridgehead atoms. The molecule has 0 radical (unpaired) electrons. The number of fused-ring (bicyclic) bond motifs is 1. The van der Waals surface area contributed by atoms with E-state index in [1.54, 1.807) is 6.20 Å². The van der Waals surface area contributed by atoms with Crippen molar-refractivity contribution in [1.82, 2.24) is 10.3 Å². The first-order chi connectivity index (χ1) is 9.76. The summed E-state index contributed by atoms with van der Waals surface area (Å²) in [5.74, 6) is 1.54. The summed E-state index contributed by atoms with van der Waals surface area (Å²) >= 11 is 0. The third-order valence-corrected chi connectivity index (χ3v) is 3.98. The number of aryl methyl sites for hydroxylation is 2. The molecular formula is C17H20N2O. The molecule has 1 aliphatic rings. The maximum Gasteiger partial charge on any atom is 0.219 e. The van der Waals surface area contributed by atoms with Crippen molar-refractivity contribution in [2.24, 2.45) is 0 Å². The molecule has 1 aromatic carbocycles. The monoisotopic (exact) mass is 268 g/mol. The van der Waals surface area contributed by atoms with E-state index in [0.29, 0.717) is 11.9 Å². The molecule has 0 amide bonds. The molecule has 1 atom stereocenters. The fourth-order valence-electron chi connectivity index (χ4n) is 2.65. The molecule has 3 nitrogen and oxygen atoms in total. The smallest absolute Gasteiger partial charge is 0.219 e. The Morgan fingerprint density at radius 3 is 2.85 bits per heavy atom. The number of benzene rings is 1. The lowest BCUT2D eigenvalue weighted by molar-refractivity contribution is 0.460. The van der Waals surface area contributed by atoms with Crippen LogP contribution in [-0.2, 0) is 12.8 Å². The highest BCUT2D eigenvalue weighted by molar-refractivity contribution is 5.40. The largest absolute Gasteiger partial charge is 0.439 e. The molecular weight excluding hydrogens is 248 g/mol. The van der Waals surface area contributed by atoms with E-state index in [0.717, 1.165) is 12.2 Å². The third-order valence-electron chi connectivity index (χ3n) is 3.98. The zero-order valence-corrected chi connectivity index (χ0v) is 12.0. The first kappa shape index (κ1) is 13.1. The van der Waals surface area contributed by atoms with Crippen molar-refractivity contribution < 1.29 is 4.74 Å². The van der Waals surface area contributed by atoms with Crippen LogP contribution in [0.5, 0.6) is 11.6 Å². The minimum atomic E-state index is 0.292. The maximum atomic E-state index is 5.90. The second-order valence-corrected chi connectivity index (χ2v) is 5.32. The Kier molecular flexibility index (Phi) is 3.70. The van der Waals surface area contributed by atoms with Gasteiger partial charge >= 0.3 is 0 Å². The normalized spacial score (nSPS) is 14.9. The van der Waals surface area contributed by atoms with Crippen molar-refractivity contribution in [2.45, 2.75) is 32.2 Å². The van der Waals surface area contributed by atoms with Gasteiger partial charge in [-0.3, -0.25) is 0 Å². The number of hydrogen-bond acceptors (Lipinski definition) is 3. The first-order valence-electron chi connectivity index (χ1n) is 7.19. The fraction of sp³-hybridized carbons (Fsp3) is 0.353. The standard InChI is InChI=1S/C17H20N2O/c1-12(18-2)14-8-9-19-17(11-14)20-16-7-6-13-4-3-5-15(13)10-16/h6-12,18H,3-5H2,1-2H3. The van der Waals surface area contributed by atoms with E-state index in [4.69, 9.17) is 4.74 Å². The van der Waals surface area contributed by atoms with Gasteiger partial charge in [0.25, 0.3) is 0 Å². The summed E-state index contributed by atoms with van der Waals surface area (Å²) in [6.07, 6.45) is 5.41. The average Bonchev–Trinajstić information content (AvgIpc) is 2.94. The van der Waals surface area contributed by atoms with E-state index in [1.807, 2.05) is 25.2 Å². The van der Waals surface area contributed by atoms with Crippen LogP contribution in [-0.4, -0.2) is 12.0 Å². The van der Waals surface area contributed by atoms with Gasteiger partial charge in [0.1, 0.15) is 5.75 Å². The van der Waals surface area contributed by atoms with Gasteiger partial charge in [0.2, 0.25) is 5.88 Å². The summed E-state index contributed by atoms with van der Waals surface area (Å²) in [7, 11) is 1.95. The van der Waals surface area contributed by atoms with Gasteiger partial charge in [-0.05, 0) is 68.1 Å². The molecule has 0 saturated heterocycles. The molecule has 1 N–H and O–H groups in total. The summed E-state index contributed by atoms with van der Waals surface area (Å²) in [5.41, 5.74) is 4.06. The number of hydrogen-bond donors (Lipinski definition) is 1. The average molecular weight is 268 g/mol. The fourth-order valence-corrected chi connectivity index (χ4v) is 2.65. The Labute approximate surface area is 120 Å². The highest BCUT2D eigenvalue weighted by Crippen LogP contribution is 2.28. The maximum absolute atomic E-state index is 5.90. The second kappa shape index (κ2) is 5.63. The molecule has 0 aliphatic heterocycles. The topological polar surface area (TPSA) is 34.2 Å². The molecule has 1 heterocycles. The lowest BCUT2D eigenvalue weighted by atomic mass is 10.1. The molecule has 1 unspecified atom stereocenters. The zero-order valence-electron chi connectivity index (χ0n) is 12.0. The van der Waals surface area contributed by atoms with Crippen LogP contribution >= 0.6 is 0 Å². The highest BCUT2D eigenvalue weighted by atomic mass is 16.5. The number of ether oxygens (including phenoxy) is 1. The molecule has 1 aromatic heterocycles. The molecule has 104 valence electrons. The van der Waals surface area contributed by atoms with Crippen molar-refractivity contribution >= 4 is 0 Å². The molecule has 2 aromatic rings. The summed E-state index contributed by atoms with van der Waals surface area (Å²) in [6, 6.07) is 10.7. The lowest BCUT2D eigenvalue weighted by Gasteiger charge is -2.12. The summed E-state index contributed by atoms with van der Waals surface area (Å²) in [6.45, 7) is 2.12. The van der Waals surface area contributed by atoms with Crippen LogP contribution in [0.4, 0.5) is 0 Å². The van der Waals surface area contributed by atoms with Crippen LogP contribution in [0.1, 0.15) is 36.1 Å². The van der Waals surface area contributed by atoms with E-state index < -0.39 is 0 Å². The number of pyridine rings is 1. The van der Waals surface area contributed by atoms with Gasteiger partial charge in [0, 0.05) is 18.3 Å². The minimum Gasteiger partial charge on any atom is -0.439 e. The van der Waals surface area contributed by atoms with Crippen LogP contribution in [0, 0.1) is 0 Å². The summed E-state index contributed by atoms with van der Waals surface area (Å²) in [4.78, 5) is 4.29. The number of rotatable bonds is 4. The lowest BCUT2D eigenvalue weighted by Crippen LogP contribution is -2.12. The van der Waals surface area contributed by atoms with Crippen LogP contribution < -0.4 is 10.1 Å². The van der Waals surface area contributed by atoms with E-state index in [-0.39, 0.29) is 0 Å². The van der Waals surface area contributed by atoms with Crippen LogP contribution in [0.25, 0.3) is 0 Å². The Bertz CT molecular complexity index is 610. The number of aromatic nitrogens is 1. The van der Waals surface area contributed by atoms with Crippen molar-refractivity contribution in [2.75, 3.05) is 7.05 Å². The third kappa shape index (κ3) is 2.68. The molecule has 0 saturated carbocycles. The molecule has 3 heteroatoms. The molecule has 20 heavy (non-hydrogen) atoms. The van der Waals surface area contributed by atoms with Crippen molar-refractivity contribution in [3.8, 4) is 11.6 Å². The van der Waals surface area contributed by atoms with Crippen LogP contribution in [0.15, 0.2) is 36.5 Å². The zero-order chi connectivity index (χ0) is 13.9. The van der Waals surface area contributed by atoms with Crippen LogP contribution in [0.2, 0.25) is 0 Å². The highest BCUT2D eigenvalue weighted by Gasteiger charge is 2.12. The van der Waals surface area contributed by atoms with Gasteiger partial charge in [-0.15, -0.1) is 0 Å². The quantitative estimate of drug-likeness (QED) is 0.919. The molecule has 0 fully saturated rings. The van der Waals surface area contributed by atoms with Crippen molar-refractivity contribution in [1.29, 1.82) is 0 Å². The molecule has 1 aliphatic carbocycles. The Morgan fingerprint density at radius 1 is 1.15 bits per heavy atom. The van der Waals surface area contributed by atoms with E-state index >= 15 is 0 Å². The van der Waals surface area contributed by atoms with Gasteiger partial charge in [0.05, 0.1) is 0 Å². The van der Waals surface area contributed by atoms with Gasteiger partial charge in [-0.2, -0.15) is 0 Å². The first-order valence-corrected chi connectivity index (χ1v) is 7.19. The Morgan fingerprint density at radius 2 is 2.00 bits per heavy atom. The van der Waals surface area contributed by atoms with Gasteiger partial charge in [-0.1, -0.05) is 6.07 Å². The molecule has 3 rings (SSSR count). The van der Waals surface area contributed by atoms with E-state index in [2.05, 4.69) is 29.4 Å². The van der Waals surface area contributed by atoms with Crippen molar-refractivity contribution in [3.05, 3.63) is 53.2 Å². The molecule has 0 spiro atoms. The minimum absolute atomic E-state index is 0.292. The Balaban J connectivity index is 1.81. The SMILES string of the molecule is CNC(C)c1ccnc(Oc2ccc3c(c2)CCC3)c1. The number of nitrogens with one attached hydrogen (secondary N) is 1. The summed E-state index contributed by atoms with van der Waals surface area (Å²) < 4.78 is 5.90. The predicted molar refractivity (Wildman–Crippen MR) is 80.3 cm³/mol.